The van der Waals surface area contributed by atoms with Crippen LogP contribution in [0.2, 0.25) is 0 Å². The number of nitrogens with zero attached hydrogens (tertiary/aromatic N) is 4. The molecule has 112 valence electrons. The molecule has 3 N–H and O–H groups in total. The highest BCUT2D eigenvalue weighted by Crippen LogP contribution is 2.23. The Morgan fingerprint density at radius 1 is 1.43 bits per heavy atom. The number of hydrogen-bond donors (Lipinski definition) is 2. The molecule has 2 rings (SSSR count). The van der Waals surface area contributed by atoms with E-state index in [-0.39, 0.29) is 11.7 Å². The molecule has 0 aliphatic heterocycles. The van der Waals surface area contributed by atoms with Crippen molar-refractivity contribution in [1.29, 1.82) is 0 Å². The third-order valence-corrected chi connectivity index (χ3v) is 3.25. The molecule has 0 aliphatic carbocycles. The predicted molar refractivity (Wildman–Crippen MR) is 79.0 cm³/mol. The van der Waals surface area contributed by atoms with Crippen LogP contribution in [0.15, 0.2) is 29.4 Å². The molecular weight excluding hydrogens is 273 g/mol. The maximum atomic E-state index is 12.9. The molecule has 7 heteroatoms. The van der Waals surface area contributed by atoms with Gasteiger partial charge in [0.15, 0.2) is 5.84 Å². The lowest BCUT2D eigenvalue weighted by atomic mass is 10.2. The van der Waals surface area contributed by atoms with Crippen molar-refractivity contribution in [3.8, 4) is 0 Å². The molecule has 0 bridgehead atoms. The Morgan fingerprint density at radius 2 is 2.05 bits per heavy atom. The number of aromatic nitrogens is 2. The minimum atomic E-state index is -0.268. The monoisotopic (exact) mass is 291 g/mol. The van der Waals surface area contributed by atoms with Crippen LogP contribution in [0.4, 0.5) is 10.2 Å². The van der Waals surface area contributed by atoms with Crippen LogP contribution < -0.4 is 10.6 Å². The second-order valence-electron chi connectivity index (χ2n) is 4.88. The smallest absolute Gasteiger partial charge is 0.175 e. The van der Waals surface area contributed by atoms with Crippen molar-refractivity contribution in [3.05, 3.63) is 46.9 Å². The van der Waals surface area contributed by atoms with Crippen LogP contribution in [0.1, 0.15) is 16.8 Å². The Bertz CT molecular complexity index is 663. The third kappa shape index (κ3) is 2.96. The molecule has 1 aromatic heterocycles. The van der Waals surface area contributed by atoms with Crippen molar-refractivity contribution >= 4 is 11.7 Å². The van der Waals surface area contributed by atoms with E-state index in [1.54, 1.807) is 30.8 Å². The van der Waals surface area contributed by atoms with Gasteiger partial charge < -0.3 is 15.8 Å². The number of rotatable bonds is 4. The van der Waals surface area contributed by atoms with Crippen LogP contribution in [-0.4, -0.2) is 27.9 Å². The number of anilines is 1. The molecule has 0 radical (unpaired) electrons. The van der Waals surface area contributed by atoms with Gasteiger partial charge in [0.05, 0.1) is 11.3 Å². The summed E-state index contributed by atoms with van der Waals surface area (Å²) in [6.07, 6.45) is 0. The number of nitrogens with two attached hydrogens (primary N) is 1. The first-order valence-corrected chi connectivity index (χ1v) is 6.41. The SMILES string of the molecule is Cc1nn(C)c(N(C)Cc2ccc(F)cc2)c1C(N)=NO. The Balaban J connectivity index is 2.35. The number of aryl methyl sites for hydroxylation is 2. The number of oxime groups is 1. The molecule has 0 unspecified atom stereocenters. The summed E-state index contributed by atoms with van der Waals surface area (Å²) in [4.78, 5) is 1.92. The van der Waals surface area contributed by atoms with E-state index in [4.69, 9.17) is 10.9 Å². The maximum absolute atomic E-state index is 12.9. The summed E-state index contributed by atoms with van der Waals surface area (Å²) in [5.41, 5.74) is 7.94. The quantitative estimate of drug-likeness (QED) is 0.388. The summed E-state index contributed by atoms with van der Waals surface area (Å²) in [5, 5.41) is 16.3. The summed E-state index contributed by atoms with van der Waals surface area (Å²) in [6, 6.07) is 6.28. The minimum Gasteiger partial charge on any atom is -0.409 e. The van der Waals surface area contributed by atoms with Crippen LogP contribution in [-0.2, 0) is 13.6 Å². The van der Waals surface area contributed by atoms with E-state index >= 15 is 0 Å². The second kappa shape index (κ2) is 5.82. The van der Waals surface area contributed by atoms with Gasteiger partial charge in [0.1, 0.15) is 11.6 Å². The van der Waals surface area contributed by atoms with Gasteiger partial charge >= 0.3 is 0 Å². The maximum Gasteiger partial charge on any atom is 0.175 e. The summed E-state index contributed by atoms with van der Waals surface area (Å²) in [7, 11) is 3.66. The molecule has 0 saturated carbocycles. The number of benzene rings is 1. The lowest BCUT2D eigenvalue weighted by Gasteiger charge is -2.21. The Kier molecular flexibility index (Phi) is 4.11. The molecule has 0 spiro atoms. The zero-order valence-corrected chi connectivity index (χ0v) is 12.2. The van der Waals surface area contributed by atoms with Gasteiger partial charge in [-0.3, -0.25) is 4.68 Å². The van der Waals surface area contributed by atoms with E-state index in [0.29, 0.717) is 17.8 Å². The fourth-order valence-electron chi connectivity index (χ4n) is 2.37. The van der Waals surface area contributed by atoms with Gasteiger partial charge in [-0.05, 0) is 24.6 Å². The predicted octanol–water partition coefficient (Wildman–Crippen LogP) is 1.60. The van der Waals surface area contributed by atoms with E-state index in [2.05, 4.69) is 10.3 Å². The number of halogens is 1. The first-order valence-electron chi connectivity index (χ1n) is 6.41. The molecule has 0 amide bonds. The van der Waals surface area contributed by atoms with Crippen LogP contribution in [0, 0.1) is 12.7 Å². The first-order chi connectivity index (χ1) is 9.93. The molecule has 0 atom stereocenters. The van der Waals surface area contributed by atoms with E-state index in [1.165, 1.54) is 12.1 Å². The first kappa shape index (κ1) is 14.8. The van der Waals surface area contributed by atoms with Crippen molar-refractivity contribution in [3.63, 3.8) is 0 Å². The normalized spacial score (nSPS) is 11.7. The zero-order valence-electron chi connectivity index (χ0n) is 12.2. The van der Waals surface area contributed by atoms with E-state index in [1.807, 2.05) is 11.9 Å². The Hall–Kier alpha value is -2.57. The molecule has 0 fully saturated rings. The third-order valence-electron chi connectivity index (χ3n) is 3.25. The summed E-state index contributed by atoms with van der Waals surface area (Å²) in [6.45, 7) is 2.34. The fourth-order valence-corrected chi connectivity index (χ4v) is 2.37. The van der Waals surface area contributed by atoms with E-state index < -0.39 is 0 Å². The molecule has 0 saturated heterocycles. The minimum absolute atomic E-state index is 0.0153. The lowest BCUT2D eigenvalue weighted by molar-refractivity contribution is 0.318. The summed E-state index contributed by atoms with van der Waals surface area (Å²) < 4.78 is 14.6. The van der Waals surface area contributed by atoms with Crippen molar-refractivity contribution in [2.45, 2.75) is 13.5 Å². The van der Waals surface area contributed by atoms with Gasteiger partial charge in [0, 0.05) is 20.6 Å². The summed E-state index contributed by atoms with van der Waals surface area (Å²) in [5.74, 6) is 0.476. The number of hydrogen-bond acceptors (Lipinski definition) is 4. The van der Waals surface area contributed by atoms with Gasteiger partial charge in [-0.2, -0.15) is 5.10 Å². The van der Waals surface area contributed by atoms with Crippen molar-refractivity contribution in [2.75, 3.05) is 11.9 Å². The Morgan fingerprint density at radius 3 is 2.62 bits per heavy atom. The number of amidine groups is 1. The standard InChI is InChI=1S/C14H18FN5O/c1-9-12(13(16)18-21)14(20(3)17-9)19(2)8-10-4-6-11(15)7-5-10/h4-7,21H,8H2,1-3H3,(H2,16,18). The molecule has 1 aromatic carbocycles. The average Bonchev–Trinajstić information content (AvgIpc) is 2.75. The van der Waals surface area contributed by atoms with Gasteiger partial charge in [-0.15, -0.1) is 0 Å². The van der Waals surface area contributed by atoms with Crippen molar-refractivity contribution < 1.29 is 9.60 Å². The topological polar surface area (TPSA) is 79.7 Å². The fraction of sp³-hybridized carbons (Fsp3) is 0.286. The van der Waals surface area contributed by atoms with E-state index in [9.17, 15) is 4.39 Å². The van der Waals surface area contributed by atoms with Crippen LogP contribution in [0.5, 0.6) is 0 Å². The highest BCUT2D eigenvalue weighted by atomic mass is 19.1. The van der Waals surface area contributed by atoms with Gasteiger partial charge in [-0.1, -0.05) is 17.3 Å². The highest BCUT2D eigenvalue weighted by molar-refractivity contribution is 6.02. The van der Waals surface area contributed by atoms with Crippen LogP contribution in [0.3, 0.4) is 0 Å². The molecule has 2 aromatic rings. The van der Waals surface area contributed by atoms with Gasteiger partial charge in [0.2, 0.25) is 0 Å². The molecule has 21 heavy (non-hydrogen) atoms. The largest absolute Gasteiger partial charge is 0.409 e. The van der Waals surface area contributed by atoms with Crippen molar-refractivity contribution in [1.82, 2.24) is 9.78 Å². The second-order valence-corrected chi connectivity index (χ2v) is 4.88. The zero-order chi connectivity index (χ0) is 15.6. The van der Waals surface area contributed by atoms with Crippen molar-refractivity contribution in [2.24, 2.45) is 17.9 Å². The highest BCUT2D eigenvalue weighted by Gasteiger charge is 2.20. The van der Waals surface area contributed by atoms with Crippen LogP contribution >= 0.6 is 0 Å². The summed E-state index contributed by atoms with van der Waals surface area (Å²) >= 11 is 0. The van der Waals surface area contributed by atoms with Gasteiger partial charge in [0.25, 0.3) is 0 Å². The molecule has 0 aliphatic rings. The molecular formula is C14H18FN5O. The van der Waals surface area contributed by atoms with E-state index in [0.717, 1.165) is 11.4 Å². The average molecular weight is 291 g/mol. The van der Waals surface area contributed by atoms with Gasteiger partial charge in [-0.25, -0.2) is 4.39 Å². The van der Waals surface area contributed by atoms with Crippen LogP contribution in [0.25, 0.3) is 0 Å². The molecule has 1 heterocycles. The molecule has 6 nitrogen and oxygen atoms in total. The lowest BCUT2D eigenvalue weighted by Crippen LogP contribution is -2.24. The Labute approximate surface area is 122 Å².